The quantitative estimate of drug-likeness (QED) is 0.756. The molecule has 0 aliphatic carbocycles. The van der Waals surface area contributed by atoms with Gasteiger partial charge in [-0.25, -0.2) is 15.0 Å². The molecule has 0 aromatic carbocycles. The van der Waals surface area contributed by atoms with Gasteiger partial charge in [0.25, 0.3) is 0 Å². The normalized spacial score (nSPS) is 10.6. The van der Waals surface area contributed by atoms with Crippen LogP contribution >= 0.6 is 0 Å². The molecule has 2 heterocycles. The van der Waals surface area contributed by atoms with Crippen molar-refractivity contribution < 1.29 is 0 Å². The van der Waals surface area contributed by atoms with Crippen LogP contribution in [0.3, 0.4) is 0 Å². The van der Waals surface area contributed by atoms with E-state index in [9.17, 15) is 0 Å². The standard InChI is InChI=1S/C12H15N5/c1-4-5-6-9-15-11(13)10-12(16-9)17(7-14-10)8(2)3/h7-8H,4H2,1-3H3,(H2,13,15,16). The molecule has 17 heavy (non-hydrogen) atoms. The lowest BCUT2D eigenvalue weighted by Gasteiger charge is -2.06. The topological polar surface area (TPSA) is 69.6 Å². The first-order chi connectivity index (χ1) is 8.13. The van der Waals surface area contributed by atoms with Gasteiger partial charge >= 0.3 is 0 Å². The average Bonchev–Trinajstić information content (AvgIpc) is 2.70. The van der Waals surface area contributed by atoms with Gasteiger partial charge in [-0.2, -0.15) is 0 Å². The number of imidazole rings is 1. The highest BCUT2D eigenvalue weighted by Crippen LogP contribution is 2.19. The van der Waals surface area contributed by atoms with Gasteiger partial charge in [0.05, 0.1) is 6.33 Å². The smallest absolute Gasteiger partial charge is 0.208 e. The Morgan fingerprint density at radius 1 is 1.41 bits per heavy atom. The van der Waals surface area contributed by atoms with Crippen LogP contribution in [0.2, 0.25) is 0 Å². The number of hydrogen-bond donors (Lipinski definition) is 1. The maximum atomic E-state index is 5.85. The molecular weight excluding hydrogens is 214 g/mol. The van der Waals surface area contributed by atoms with Crippen molar-refractivity contribution in [1.82, 2.24) is 19.5 Å². The first kappa shape index (κ1) is 11.4. The van der Waals surface area contributed by atoms with Crippen LogP contribution in [-0.4, -0.2) is 19.5 Å². The van der Waals surface area contributed by atoms with Crippen LogP contribution < -0.4 is 5.73 Å². The number of nitrogens with zero attached hydrogens (tertiary/aromatic N) is 4. The summed E-state index contributed by atoms with van der Waals surface area (Å²) in [6.07, 6.45) is 2.50. The molecule has 0 unspecified atom stereocenters. The van der Waals surface area contributed by atoms with Gasteiger partial charge in [-0.05, 0) is 19.8 Å². The summed E-state index contributed by atoms with van der Waals surface area (Å²) in [5.74, 6) is 6.67. The van der Waals surface area contributed by atoms with Crippen LogP contribution in [0.5, 0.6) is 0 Å². The number of aromatic nitrogens is 4. The van der Waals surface area contributed by atoms with Crippen molar-refractivity contribution >= 4 is 17.0 Å². The van der Waals surface area contributed by atoms with Gasteiger partial charge in [-0.3, -0.25) is 0 Å². The lowest BCUT2D eigenvalue weighted by atomic mass is 10.4. The van der Waals surface area contributed by atoms with Gasteiger partial charge in [0.15, 0.2) is 11.5 Å². The zero-order valence-electron chi connectivity index (χ0n) is 10.2. The van der Waals surface area contributed by atoms with E-state index >= 15 is 0 Å². The van der Waals surface area contributed by atoms with E-state index in [-0.39, 0.29) is 6.04 Å². The van der Waals surface area contributed by atoms with Crippen molar-refractivity contribution in [2.24, 2.45) is 0 Å². The molecule has 0 radical (unpaired) electrons. The van der Waals surface area contributed by atoms with Crippen molar-refractivity contribution in [3.05, 3.63) is 12.2 Å². The van der Waals surface area contributed by atoms with Gasteiger partial charge in [0.1, 0.15) is 5.52 Å². The fourth-order valence-electron chi connectivity index (χ4n) is 1.54. The van der Waals surface area contributed by atoms with Crippen molar-refractivity contribution in [1.29, 1.82) is 0 Å². The molecule has 2 aromatic rings. The van der Waals surface area contributed by atoms with Crippen LogP contribution in [0.25, 0.3) is 11.2 Å². The lowest BCUT2D eigenvalue weighted by molar-refractivity contribution is 0.612. The Hall–Kier alpha value is -2.09. The Kier molecular flexibility index (Phi) is 2.96. The highest BCUT2D eigenvalue weighted by atomic mass is 15.1. The molecule has 0 atom stereocenters. The molecule has 2 N–H and O–H groups in total. The average molecular weight is 229 g/mol. The second-order valence-electron chi connectivity index (χ2n) is 4.01. The fraction of sp³-hybridized carbons (Fsp3) is 0.417. The van der Waals surface area contributed by atoms with Crippen molar-refractivity contribution in [2.45, 2.75) is 33.2 Å². The van der Waals surface area contributed by atoms with Crippen LogP contribution in [0.15, 0.2) is 6.33 Å². The third-order valence-electron chi connectivity index (χ3n) is 2.38. The minimum absolute atomic E-state index is 0.279. The molecule has 0 fully saturated rings. The summed E-state index contributed by atoms with van der Waals surface area (Å²) < 4.78 is 1.96. The number of nitrogen functional groups attached to an aromatic ring is 1. The first-order valence-corrected chi connectivity index (χ1v) is 5.62. The molecule has 5 heteroatoms. The first-order valence-electron chi connectivity index (χ1n) is 5.62. The molecule has 0 saturated carbocycles. The lowest BCUT2D eigenvalue weighted by Crippen LogP contribution is -2.03. The highest BCUT2D eigenvalue weighted by Gasteiger charge is 2.11. The summed E-state index contributed by atoms with van der Waals surface area (Å²) in [6, 6.07) is 0.279. The molecular formula is C12H15N5. The molecule has 2 aromatic heterocycles. The van der Waals surface area contributed by atoms with E-state index < -0.39 is 0 Å². The molecule has 88 valence electrons. The zero-order chi connectivity index (χ0) is 12.4. The summed E-state index contributed by atoms with van der Waals surface area (Å²) in [5, 5.41) is 0. The molecule has 2 rings (SSSR count). The Bertz CT molecular complexity index is 600. The van der Waals surface area contributed by atoms with Crippen LogP contribution in [-0.2, 0) is 0 Å². The molecule has 0 amide bonds. The maximum absolute atomic E-state index is 5.85. The predicted octanol–water partition coefficient (Wildman–Crippen LogP) is 1.75. The van der Waals surface area contributed by atoms with E-state index in [2.05, 4.69) is 40.6 Å². The Morgan fingerprint density at radius 2 is 2.18 bits per heavy atom. The predicted molar refractivity (Wildman–Crippen MR) is 67.3 cm³/mol. The van der Waals surface area contributed by atoms with E-state index in [1.54, 1.807) is 6.33 Å². The second kappa shape index (κ2) is 4.42. The molecule has 0 spiro atoms. The summed E-state index contributed by atoms with van der Waals surface area (Å²) >= 11 is 0. The molecule has 0 bridgehead atoms. The highest BCUT2D eigenvalue weighted by molar-refractivity contribution is 5.82. The molecule has 0 saturated heterocycles. The van der Waals surface area contributed by atoms with Gasteiger partial charge in [0.2, 0.25) is 5.82 Å². The van der Waals surface area contributed by atoms with Crippen molar-refractivity contribution in [3.63, 3.8) is 0 Å². The Morgan fingerprint density at radius 3 is 2.82 bits per heavy atom. The van der Waals surface area contributed by atoms with E-state index in [1.807, 2.05) is 11.5 Å². The van der Waals surface area contributed by atoms with Gasteiger partial charge in [-0.15, -0.1) is 0 Å². The van der Waals surface area contributed by atoms with Gasteiger partial charge < -0.3 is 10.3 Å². The summed E-state index contributed by atoms with van der Waals surface area (Å²) in [7, 11) is 0. The molecule has 0 aliphatic heterocycles. The number of rotatable bonds is 1. The second-order valence-corrected chi connectivity index (χ2v) is 4.01. The van der Waals surface area contributed by atoms with E-state index in [0.29, 0.717) is 17.2 Å². The number of anilines is 1. The van der Waals surface area contributed by atoms with Gasteiger partial charge in [0, 0.05) is 12.5 Å². The third-order valence-corrected chi connectivity index (χ3v) is 2.38. The van der Waals surface area contributed by atoms with E-state index in [4.69, 9.17) is 5.73 Å². The Balaban J connectivity index is 2.64. The summed E-state index contributed by atoms with van der Waals surface area (Å²) in [6.45, 7) is 6.11. The minimum Gasteiger partial charge on any atom is -0.382 e. The van der Waals surface area contributed by atoms with Crippen LogP contribution in [0.1, 0.15) is 39.1 Å². The molecule has 5 nitrogen and oxygen atoms in total. The summed E-state index contributed by atoms with van der Waals surface area (Å²) in [4.78, 5) is 12.7. The SMILES string of the molecule is CCC#Cc1nc(N)c2ncn(C(C)C)c2n1. The zero-order valence-corrected chi connectivity index (χ0v) is 10.2. The Labute approximate surface area is 100 Å². The van der Waals surface area contributed by atoms with Crippen LogP contribution in [0.4, 0.5) is 5.82 Å². The van der Waals surface area contributed by atoms with Crippen LogP contribution in [0, 0.1) is 11.8 Å². The number of nitrogens with two attached hydrogens (primary N) is 1. The van der Waals surface area contributed by atoms with Crippen molar-refractivity contribution in [2.75, 3.05) is 5.73 Å². The monoisotopic (exact) mass is 229 g/mol. The number of hydrogen-bond acceptors (Lipinski definition) is 4. The molecule has 0 aliphatic rings. The third kappa shape index (κ3) is 2.07. The number of fused-ring (bicyclic) bond motifs is 1. The maximum Gasteiger partial charge on any atom is 0.208 e. The van der Waals surface area contributed by atoms with E-state index in [1.165, 1.54) is 0 Å². The fourth-order valence-corrected chi connectivity index (χ4v) is 1.54. The summed E-state index contributed by atoms with van der Waals surface area (Å²) in [5.41, 5.74) is 7.23. The van der Waals surface area contributed by atoms with Gasteiger partial charge in [-0.1, -0.05) is 12.8 Å². The minimum atomic E-state index is 0.279. The van der Waals surface area contributed by atoms with Crippen molar-refractivity contribution in [3.8, 4) is 11.8 Å². The largest absolute Gasteiger partial charge is 0.382 e. The van der Waals surface area contributed by atoms with E-state index in [0.717, 1.165) is 12.1 Å².